The molecule has 0 spiro atoms. The largest absolute Gasteiger partial charge is 0.465 e. The topological polar surface area (TPSA) is 120 Å². The molecule has 2 heterocycles. The van der Waals surface area contributed by atoms with Crippen molar-refractivity contribution in [3.63, 3.8) is 0 Å². The number of benzene rings is 2. The number of H-pyrrole nitrogens is 1. The first-order valence-electron chi connectivity index (χ1n) is 14.0. The van der Waals surface area contributed by atoms with Crippen LogP contribution in [0.25, 0.3) is 11.3 Å². The number of carbonyl (C=O) groups is 2. The Bertz CT molecular complexity index is 1670. The van der Waals surface area contributed by atoms with Crippen molar-refractivity contribution in [2.45, 2.75) is 58.3 Å². The molecule has 2 aromatic carbocycles. The molecular weight excluding hydrogens is 575 g/mol. The Morgan fingerprint density at radius 3 is 2.52 bits per heavy atom. The summed E-state index contributed by atoms with van der Waals surface area (Å²) in [6.07, 6.45) is 0.627. The Hall–Kier alpha value is -4.87. The van der Waals surface area contributed by atoms with E-state index in [2.05, 4.69) is 20.5 Å². The first-order valence-corrected chi connectivity index (χ1v) is 14.0. The van der Waals surface area contributed by atoms with Crippen LogP contribution in [-0.4, -0.2) is 42.7 Å². The van der Waals surface area contributed by atoms with E-state index in [1.165, 1.54) is 6.07 Å². The number of aromatic nitrogens is 3. The number of alkyl halides is 3. The molecule has 44 heavy (non-hydrogen) atoms. The van der Waals surface area contributed by atoms with Gasteiger partial charge >= 0.3 is 12.3 Å². The second-order valence-corrected chi connectivity index (χ2v) is 11.8. The average molecular weight is 608 g/mol. The van der Waals surface area contributed by atoms with E-state index in [-0.39, 0.29) is 17.8 Å². The van der Waals surface area contributed by atoms with Gasteiger partial charge in [-0.25, -0.2) is 4.79 Å². The fourth-order valence-corrected chi connectivity index (χ4v) is 5.22. The molecule has 9 nitrogen and oxygen atoms in total. The molecule has 1 aliphatic carbocycles. The van der Waals surface area contributed by atoms with Crippen LogP contribution in [0.15, 0.2) is 67.1 Å². The van der Waals surface area contributed by atoms with Crippen molar-refractivity contribution < 1.29 is 32.6 Å². The van der Waals surface area contributed by atoms with Crippen LogP contribution in [0.4, 0.5) is 23.7 Å². The predicted molar refractivity (Wildman–Crippen MR) is 157 cm³/mol. The Kier molecular flexibility index (Phi) is 8.36. The molecular formula is C32H32F3N5O4. The van der Waals surface area contributed by atoms with E-state index < -0.39 is 35.2 Å². The summed E-state index contributed by atoms with van der Waals surface area (Å²) in [5.74, 6) is 0.277. The molecule has 5 rings (SSSR count). The van der Waals surface area contributed by atoms with E-state index in [0.29, 0.717) is 36.5 Å². The van der Waals surface area contributed by atoms with Crippen LogP contribution in [-0.2, 0) is 30.4 Å². The Morgan fingerprint density at radius 1 is 1.07 bits per heavy atom. The standard InChI is InChI=1S/C32H32F3N5O4/c1-31(2,3)40(30(42)43)18-19-10-24(32(33,34)35)14-25(11-19)39-29(41)21-5-4-20-6-7-26(13-22(20)12-21)44-27-8-9-36-28(15-27)23-16-37-38-17-23/h6-11,13-17,21H,4-5,12,18H2,1-3H3,(H,37,38)(H,39,41)(H,42,43). The molecule has 1 atom stereocenters. The highest BCUT2D eigenvalue weighted by atomic mass is 19.4. The summed E-state index contributed by atoms with van der Waals surface area (Å²) in [4.78, 5) is 30.5. The van der Waals surface area contributed by atoms with E-state index in [1.807, 2.05) is 18.2 Å². The smallest absolute Gasteiger partial charge is 0.416 e. The molecule has 4 aromatic rings. The van der Waals surface area contributed by atoms with Gasteiger partial charge in [-0.05, 0) is 93.1 Å². The van der Waals surface area contributed by atoms with Gasteiger partial charge in [-0.2, -0.15) is 18.3 Å². The molecule has 2 amide bonds. The monoisotopic (exact) mass is 607 g/mol. The van der Waals surface area contributed by atoms with Crippen molar-refractivity contribution in [1.29, 1.82) is 0 Å². The van der Waals surface area contributed by atoms with Gasteiger partial charge in [0.25, 0.3) is 0 Å². The highest BCUT2D eigenvalue weighted by molar-refractivity contribution is 5.93. The van der Waals surface area contributed by atoms with Crippen molar-refractivity contribution in [1.82, 2.24) is 20.1 Å². The molecule has 0 aliphatic heterocycles. The maximum Gasteiger partial charge on any atom is 0.416 e. The molecule has 0 fully saturated rings. The van der Waals surface area contributed by atoms with Crippen LogP contribution < -0.4 is 10.1 Å². The minimum atomic E-state index is -4.68. The number of ether oxygens (including phenoxy) is 1. The van der Waals surface area contributed by atoms with Crippen molar-refractivity contribution in [2.24, 2.45) is 5.92 Å². The Morgan fingerprint density at radius 2 is 1.84 bits per heavy atom. The third-order valence-corrected chi connectivity index (χ3v) is 7.51. The number of carboxylic acid groups (broad SMARTS) is 1. The molecule has 12 heteroatoms. The Labute approximate surface area is 252 Å². The normalized spacial score (nSPS) is 14.9. The molecule has 3 N–H and O–H groups in total. The number of hydrogen-bond acceptors (Lipinski definition) is 5. The van der Waals surface area contributed by atoms with E-state index in [9.17, 15) is 27.9 Å². The van der Waals surface area contributed by atoms with Gasteiger partial charge in [0.1, 0.15) is 11.5 Å². The van der Waals surface area contributed by atoms with Crippen LogP contribution in [0.5, 0.6) is 11.5 Å². The van der Waals surface area contributed by atoms with Gasteiger partial charge in [0.2, 0.25) is 5.91 Å². The van der Waals surface area contributed by atoms with E-state index >= 15 is 0 Å². The van der Waals surface area contributed by atoms with Crippen molar-refractivity contribution in [2.75, 3.05) is 5.32 Å². The first kappa shape index (κ1) is 30.6. The number of fused-ring (bicyclic) bond motifs is 1. The zero-order valence-corrected chi connectivity index (χ0v) is 24.4. The molecule has 0 radical (unpaired) electrons. The number of aromatic amines is 1. The maximum atomic E-state index is 13.8. The summed E-state index contributed by atoms with van der Waals surface area (Å²) in [6, 6.07) is 12.4. The van der Waals surface area contributed by atoms with Crippen LogP contribution in [0.2, 0.25) is 0 Å². The predicted octanol–water partition coefficient (Wildman–Crippen LogP) is 7.30. The number of aryl methyl sites for hydroxylation is 1. The number of anilines is 1. The highest BCUT2D eigenvalue weighted by Gasteiger charge is 2.33. The van der Waals surface area contributed by atoms with Crippen LogP contribution in [0.3, 0.4) is 0 Å². The van der Waals surface area contributed by atoms with Crippen LogP contribution in [0.1, 0.15) is 49.4 Å². The molecule has 0 saturated carbocycles. The van der Waals surface area contributed by atoms with Gasteiger partial charge < -0.3 is 15.2 Å². The SMILES string of the molecule is CC(C)(C)N(Cc1cc(NC(=O)C2CCc3ccc(Oc4ccnc(-c5cn[nH]c5)c4)cc3C2)cc(C(F)(F)F)c1)C(=O)O. The lowest BCUT2D eigenvalue weighted by atomic mass is 9.83. The lowest BCUT2D eigenvalue weighted by Crippen LogP contribution is -2.44. The van der Waals surface area contributed by atoms with E-state index in [0.717, 1.165) is 33.7 Å². The molecule has 1 aliphatic rings. The minimum absolute atomic E-state index is 0.0342. The summed E-state index contributed by atoms with van der Waals surface area (Å²) < 4.78 is 47.4. The number of hydrogen-bond donors (Lipinski definition) is 3. The van der Waals surface area contributed by atoms with Crippen LogP contribution >= 0.6 is 0 Å². The maximum absolute atomic E-state index is 13.8. The van der Waals surface area contributed by atoms with Gasteiger partial charge in [0, 0.05) is 47.7 Å². The number of rotatable bonds is 7. The molecule has 230 valence electrons. The summed E-state index contributed by atoms with van der Waals surface area (Å²) in [7, 11) is 0. The third-order valence-electron chi connectivity index (χ3n) is 7.51. The van der Waals surface area contributed by atoms with Gasteiger partial charge in [-0.15, -0.1) is 0 Å². The number of amides is 2. The van der Waals surface area contributed by atoms with Gasteiger partial charge in [0.15, 0.2) is 0 Å². The second-order valence-electron chi connectivity index (χ2n) is 11.8. The zero-order chi connectivity index (χ0) is 31.6. The van der Waals surface area contributed by atoms with Gasteiger partial charge in [0.05, 0.1) is 17.5 Å². The number of nitrogens with one attached hydrogen (secondary N) is 2. The fraction of sp³-hybridized carbons (Fsp3) is 0.312. The summed E-state index contributed by atoms with van der Waals surface area (Å²) in [5.41, 5.74) is 1.78. The quantitative estimate of drug-likeness (QED) is 0.203. The minimum Gasteiger partial charge on any atom is -0.465 e. The number of carbonyl (C=O) groups excluding carboxylic acids is 1. The van der Waals surface area contributed by atoms with Gasteiger partial charge in [-0.3, -0.25) is 19.8 Å². The second kappa shape index (κ2) is 12.0. The molecule has 0 saturated heterocycles. The zero-order valence-electron chi connectivity index (χ0n) is 24.4. The van der Waals surface area contributed by atoms with Crippen molar-refractivity contribution >= 4 is 17.7 Å². The lowest BCUT2D eigenvalue weighted by molar-refractivity contribution is -0.137. The summed E-state index contributed by atoms with van der Waals surface area (Å²) >= 11 is 0. The highest BCUT2D eigenvalue weighted by Crippen LogP contribution is 2.35. The first-order chi connectivity index (χ1) is 20.8. The molecule has 2 aromatic heterocycles. The summed E-state index contributed by atoms with van der Waals surface area (Å²) in [6.45, 7) is 4.70. The lowest BCUT2D eigenvalue weighted by Gasteiger charge is -2.33. The average Bonchev–Trinajstić information content (AvgIpc) is 3.50. The number of pyridine rings is 1. The Balaban J connectivity index is 1.32. The van der Waals surface area contributed by atoms with Crippen molar-refractivity contribution in [3.05, 3.63) is 89.4 Å². The van der Waals surface area contributed by atoms with E-state index in [1.54, 1.807) is 51.5 Å². The van der Waals surface area contributed by atoms with Gasteiger partial charge in [-0.1, -0.05) is 6.07 Å². The number of halogens is 3. The third kappa shape index (κ3) is 7.19. The summed E-state index contributed by atoms with van der Waals surface area (Å²) in [5, 5.41) is 19.0. The number of nitrogens with zero attached hydrogens (tertiary/aromatic N) is 3. The molecule has 1 unspecified atom stereocenters. The van der Waals surface area contributed by atoms with E-state index in [4.69, 9.17) is 4.74 Å². The van der Waals surface area contributed by atoms with Crippen LogP contribution in [0, 0.1) is 5.92 Å². The molecule has 0 bridgehead atoms. The fourth-order valence-electron chi connectivity index (χ4n) is 5.22. The van der Waals surface area contributed by atoms with Crippen molar-refractivity contribution in [3.8, 4) is 22.8 Å².